The highest BCUT2D eigenvalue weighted by atomic mass is 35.5. The Morgan fingerprint density at radius 2 is 2.05 bits per heavy atom. The fraction of sp³-hybridized carbons (Fsp3) is 0.600. The molecule has 2 N–H and O–H groups in total. The van der Waals surface area contributed by atoms with Crippen molar-refractivity contribution in [3.63, 3.8) is 0 Å². The van der Waals surface area contributed by atoms with Crippen molar-refractivity contribution in [3.8, 4) is 0 Å². The van der Waals surface area contributed by atoms with Crippen molar-refractivity contribution in [1.82, 2.24) is 5.32 Å². The first-order chi connectivity index (χ1) is 9.03. The number of hydrogen-bond acceptors (Lipinski definition) is 3. The number of nitrogens with zero attached hydrogens (tertiary/aromatic N) is 1. The van der Waals surface area contributed by atoms with Crippen LogP contribution >= 0.6 is 11.6 Å². The molecule has 1 aromatic rings. The summed E-state index contributed by atoms with van der Waals surface area (Å²) in [6.45, 7) is 7.50. The van der Waals surface area contributed by atoms with Gasteiger partial charge in [-0.3, -0.25) is 0 Å². The number of para-hydroxylation sites is 1. The highest BCUT2D eigenvalue weighted by Gasteiger charge is 2.28. The van der Waals surface area contributed by atoms with Crippen molar-refractivity contribution in [1.29, 1.82) is 0 Å². The topological polar surface area (TPSA) is 35.5 Å². The van der Waals surface area contributed by atoms with E-state index in [0.717, 1.165) is 49.7 Å². The zero-order chi connectivity index (χ0) is 13.9. The molecule has 1 aliphatic rings. The van der Waals surface area contributed by atoms with Crippen LogP contribution in [0.25, 0.3) is 0 Å². The summed E-state index contributed by atoms with van der Waals surface area (Å²) in [5.41, 5.74) is 1.83. The number of hydrogen-bond donors (Lipinski definition) is 2. The number of anilines is 1. The summed E-state index contributed by atoms with van der Waals surface area (Å²) in [6, 6.07) is 6.06. The van der Waals surface area contributed by atoms with E-state index < -0.39 is 5.60 Å². The summed E-state index contributed by atoms with van der Waals surface area (Å²) in [6.07, 6.45) is 1.58. The zero-order valence-corrected chi connectivity index (χ0v) is 12.5. The van der Waals surface area contributed by atoms with Crippen LogP contribution in [0.3, 0.4) is 0 Å². The molecule has 19 heavy (non-hydrogen) atoms. The van der Waals surface area contributed by atoms with Gasteiger partial charge >= 0.3 is 0 Å². The van der Waals surface area contributed by atoms with Crippen molar-refractivity contribution in [3.05, 3.63) is 28.8 Å². The van der Waals surface area contributed by atoms with Gasteiger partial charge < -0.3 is 15.3 Å². The Hall–Kier alpha value is -0.770. The van der Waals surface area contributed by atoms with Crippen LogP contribution in [0.15, 0.2) is 18.2 Å². The first-order valence-corrected chi connectivity index (χ1v) is 7.37. The Balaban J connectivity index is 2.19. The number of piperidine rings is 1. The second-order valence-electron chi connectivity index (χ2n) is 5.51. The molecule has 1 aromatic carbocycles. The van der Waals surface area contributed by atoms with E-state index in [-0.39, 0.29) is 0 Å². The SMILES string of the molecule is CCNCc1cccc(Cl)c1N1CCC(C)(O)CC1. The minimum atomic E-state index is -0.528. The largest absolute Gasteiger partial charge is 0.390 e. The molecule has 4 heteroatoms. The first-order valence-electron chi connectivity index (χ1n) is 6.99. The molecule has 0 radical (unpaired) electrons. The van der Waals surface area contributed by atoms with Gasteiger partial charge in [0.25, 0.3) is 0 Å². The Morgan fingerprint density at radius 3 is 2.68 bits per heavy atom. The lowest BCUT2D eigenvalue weighted by Gasteiger charge is -2.38. The van der Waals surface area contributed by atoms with Gasteiger partial charge in [0.2, 0.25) is 0 Å². The van der Waals surface area contributed by atoms with E-state index in [1.165, 1.54) is 5.56 Å². The van der Waals surface area contributed by atoms with E-state index in [4.69, 9.17) is 11.6 Å². The van der Waals surface area contributed by atoms with Crippen LogP contribution in [0.2, 0.25) is 5.02 Å². The third-order valence-corrected chi connectivity index (χ3v) is 4.10. The van der Waals surface area contributed by atoms with Crippen molar-refractivity contribution in [2.24, 2.45) is 0 Å². The lowest BCUT2D eigenvalue weighted by atomic mass is 9.93. The van der Waals surface area contributed by atoms with E-state index in [2.05, 4.69) is 23.2 Å². The summed E-state index contributed by atoms with van der Waals surface area (Å²) in [5.74, 6) is 0. The average molecular weight is 283 g/mol. The van der Waals surface area contributed by atoms with Crippen LogP contribution in [0.4, 0.5) is 5.69 Å². The third-order valence-electron chi connectivity index (χ3n) is 3.79. The molecular formula is C15H23ClN2O. The lowest BCUT2D eigenvalue weighted by molar-refractivity contribution is 0.0351. The monoisotopic (exact) mass is 282 g/mol. The molecule has 1 saturated heterocycles. The van der Waals surface area contributed by atoms with Crippen LogP contribution in [-0.4, -0.2) is 30.3 Å². The Morgan fingerprint density at radius 1 is 1.37 bits per heavy atom. The van der Waals surface area contributed by atoms with Crippen LogP contribution in [0.1, 0.15) is 32.3 Å². The molecule has 2 rings (SSSR count). The van der Waals surface area contributed by atoms with E-state index in [1.807, 2.05) is 19.1 Å². The number of rotatable bonds is 4. The van der Waals surface area contributed by atoms with Crippen LogP contribution in [0, 0.1) is 0 Å². The summed E-state index contributed by atoms with van der Waals surface area (Å²) >= 11 is 6.38. The third kappa shape index (κ3) is 3.62. The van der Waals surface area contributed by atoms with Gasteiger partial charge in [-0.15, -0.1) is 0 Å². The van der Waals surface area contributed by atoms with Crippen LogP contribution < -0.4 is 10.2 Å². The van der Waals surface area contributed by atoms with E-state index in [0.29, 0.717) is 0 Å². The molecule has 0 amide bonds. The highest BCUT2D eigenvalue weighted by Crippen LogP contribution is 2.33. The molecule has 0 aliphatic carbocycles. The molecule has 1 heterocycles. The second-order valence-corrected chi connectivity index (χ2v) is 5.92. The summed E-state index contributed by atoms with van der Waals surface area (Å²) < 4.78 is 0. The van der Waals surface area contributed by atoms with Crippen molar-refractivity contribution in [2.45, 2.75) is 38.8 Å². The number of halogens is 1. The minimum absolute atomic E-state index is 0.528. The molecule has 106 valence electrons. The summed E-state index contributed by atoms with van der Waals surface area (Å²) in [4.78, 5) is 2.30. The van der Waals surface area contributed by atoms with Gasteiger partial charge in [0.05, 0.1) is 16.3 Å². The minimum Gasteiger partial charge on any atom is -0.390 e. The quantitative estimate of drug-likeness (QED) is 0.891. The molecule has 3 nitrogen and oxygen atoms in total. The molecule has 0 aromatic heterocycles. The molecule has 0 saturated carbocycles. The fourth-order valence-corrected chi connectivity index (χ4v) is 2.84. The van der Waals surface area contributed by atoms with Gasteiger partial charge in [-0.05, 0) is 37.9 Å². The van der Waals surface area contributed by atoms with Gasteiger partial charge in [-0.1, -0.05) is 30.7 Å². The van der Waals surface area contributed by atoms with Gasteiger partial charge in [-0.2, -0.15) is 0 Å². The Bertz CT molecular complexity index is 424. The van der Waals surface area contributed by atoms with E-state index in [1.54, 1.807) is 0 Å². The van der Waals surface area contributed by atoms with Crippen LogP contribution in [0.5, 0.6) is 0 Å². The van der Waals surface area contributed by atoms with Crippen LogP contribution in [-0.2, 0) is 6.54 Å². The molecule has 0 bridgehead atoms. The van der Waals surface area contributed by atoms with Crippen molar-refractivity contribution < 1.29 is 5.11 Å². The van der Waals surface area contributed by atoms with Crippen molar-refractivity contribution in [2.75, 3.05) is 24.5 Å². The van der Waals surface area contributed by atoms with E-state index >= 15 is 0 Å². The molecular weight excluding hydrogens is 260 g/mol. The molecule has 1 fully saturated rings. The maximum Gasteiger partial charge on any atom is 0.0653 e. The maximum atomic E-state index is 10.0. The summed E-state index contributed by atoms with van der Waals surface area (Å²) in [5, 5.41) is 14.2. The van der Waals surface area contributed by atoms with Gasteiger partial charge in [0.15, 0.2) is 0 Å². The molecule has 0 unspecified atom stereocenters. The Kier molecular flexibility index (Phi) is 4.71. The highest BCUT2D eigenvalue weighted by molar-refractivity contribution is 6.33. The predicted molar refractivity (Wildman–Crippen MR) is 80.9 cm³/mol. The van der Waals surface area contributed by atoms with E-state index in [9.17, 15) is 5.11 Å². The Labute approximate surface area is 120 Å². The number of aliphatic hydroxyl groups is 1. The first kappa shape index (κ1) is 14.6. The van der Waals surface area contributed by atoms with Crippen molar-refractivity contribution >= 4 is 17.3 Å². The average Bonchev–Trinajstić information content (AvgIpc) is 2.37. The zero-order valence-electron chi connectivity index (χ0n) is 11.7. The summed E-state index contributed by atoms with van der Waals surface area (Å²) in [7, 11) is 0. The lowest BCUT2D eigenvalue weighted by Crippen LogP contribution is -2.43. The fourth-order valence-electron chi connectivity index (χ4n) is 2.53. The normalized spacial score (nSPS) is 18.6. The number of nitrogens with one attached hydrogen (secondary N) is 1. The second kappa shape index (κ2) is 6.12. The van der Waals surface area contributed by atoms with Gasteiger partial charge in [0.1, 0.15) is 0 Å². The number of benzene rings is 1. The molecule has 0 spiro atoms. The molecule has 1 aliphatic heterocycles. The standard InChI is InChI=1S/C15H23ClN2O/c1-3-17-11-12-5-4-6-13(16)14(12)18-9-7-15(2,19)8-10-18/h4-6,17,19H,3,7-11H2,1-2H3. The van der Waals surface area contributed by atoms with Gasteiger partial charge in [0, 0.05) is 19.6 Å². The molecule has 0 atom stereocenters. The maximum absolute atomic E-state index is 10.0. The van der Waals surface area contributed by atoms with Gasteiger partial charge in [-0.25, -0.2) is 0 Å². The predicted octanol–water partition coefficient (Wildman–Crippen LogP) is 2.80. The smallest absolute Gasteiger partial charge is 0.0653 e.